The van der Waals surface area contributed by atoms with E-state index in [-0.39, 0.29) is 24.0 Å². The van der Waals surface area contributed by atoms with Crippen LogP contribution in [0.15, 0.2) is 27.8 Å². The van der Waals surface area contributed by atoms with Crippen molar-refractivity contribution >= 4 is 41.7 Å². The third-order valence-corrected chi connectivity index (χ3v) is 4.92. The molecule has 2 atom stereocenters. The Morgan fingerprint density at radius 3 is 3.05 bits per heavy atom. The van der Waals surface area contributed by atoms with Crippen LogP contribution in [-0.2, 0) is 6.42 Å². The van der Waals surface area contributed by atoms with Crippen LogP contribution >= 0.6 is 35.7 Å². The van der Waals surface area contributed by atoms with Crippen molar-refractivity contribution < 1.29 is 4.42 Å². The molecule has 1 saturated heterocycles. The second kappa shape index (κ2) is 11.2. The van der Waals surface area contributed by atoms with E-state index >= 15 is 0 Å². The third kappa shape index (κ3) is 7.26. The third-order valence-electron chi connectivity index (χ3n) is 3.70. The van der Waals surface area contributed by atoms with Crippen LogP contribution in [0.25, 0.3) is 0 Å². The molecule has 0 radical (unpaired) electrons. The Morgan fingerprint density at radius 1 is 1.55 bits per heavy atom. The molecular weight excluding hydrogens is 409 g/mol. The molecule has 1 aliphatic heterocycles. The summed E-state index contributed by atoms with van der Waals surface area (Å²) in [5, 5.41) is 7.08. The standard InChI is InChI=1S/C16H27N3OS.HI/c1-3-13(2)18-16(19-14-6-5-11-21-12-14)17-9-8-15-7-4-10-20-15;/h4,7,10,13-14H,3,5-6,8-9,11-12H2,1-2H3,(H2,17,18,19);1H. The van der Waals surface area contributed by atoms with E-state index in [2.05, 4.69) is 24.5 Å². The Balaban J connectivity index is 0.00000242. The van der Waals surface area contributed by atoms with Gasteiger partial charge in [0.15, 0.2) is 5.96 Å². The number of furan rings is 1. The lowest BCUT2D eigenvalue weighted by Crippen LogP contribution is -2.48. The molecule has 1 aromatic heterocycles. The highest BCUT2D eigenvalue weighted by atomic mass is 127. The maximum Gasteiger partial charge on any atom is 0.191 e. The zero-order valence-electron chi connectivity index (χ0n) is 13.5. The van der Waals surface area contributed by atoms with Crippen molar-refractivity contribution in [2.24, 2.45) is 4.99 Å². The quantitative estimate of drug-likeness (QED) is 0.405. The van der Waals surface area contributed by atoms with Crippen molar-refractivity contribution in [1.29, 1.82) is 0 Å². The summed E-state index contributed by atoms with van der Waals surface area (Å²) in [5.74, 6) is 4.42. The minimum Gasteiger partial charge on any atom is -0.469 e. The SMILES string of the molecule is CCC(C)NC(=NCCc1ccco1)NC1CCCSC1.I. The van der Waals surface area contributed by atoms with Gasteiger partial charge in [-0.15, -0.1) is 24.0 Å². The maximum atomic E-state index is 5.35. The summed E-state index contributed by atoms with van der Waals surface area (Å²) in [6.45, 7) is 5.13. The monoisotopic (exact) mass is 437 g/mol. The largest absolute Gasteiger partial charge is 0.469 e. The van der Waals surface area contributed by atoms with Gasteiger partial charge in [-0.1, -0.05) is 6.92 Å². The first-order valence-electron chi connectivity index (χ1n) is 7.95. The van der Waals surface area contributed by atoms with Crippen LogP contribution in [0.1, 0.15) is 38.9 Å². The van der Waals surface area contributed by atoms with Crippen molar-refractivity contribution in [2.75, 3.05) is 18.1 Å². The molecule has 2 N–H and O–H groups in total. The van der Waals surface area contributed by atoms with Gasteiger partial charge >= 0.3 is 0 Å². The van der Waals surface area contributed by atoms with Crippen molar-refractivity contribution in [3.63, 3.8) is 0 Å². The summed E-state index contributed by atoms with van der Waals surface area (Å²) in [7, 11) is 0. The molecule has 2 heterocycles. The molecular formula is C16H28IN3OS. The fourth-order valence-corrected chi connectivity index (χ4v) is 3.32. The number of aliphatic imine (C=N–C) groups is 1. The molecule has 0 aliphatic carbocycles. The smallest absolute Gasteiger partial charge is 0.191 e. The van der Waals surface area contributed by atoms with E-state index in [1.54, 1.807) is 6.26 Å². The van der Waals surface area contributed by atoms with Gasteiger partial charge in [0, 0.05) is 30.8 Å². The van der Waals surface area contributed by atoms with Crippen LogP contribution in [-0.4, -0.2) is 36.1 Å². The number of rotatable bonds is 6. The Bertz CT molecular complexity index is 419. The number of nitrogens with zero attached hydrogens (tertiary/aromatic N) is 1. The Kier molecular flexibility index (Phi) is 10.0. The Morgan fingerprint density at radius 2 is 2.41 bits per heavy atom. The zero-order chi connectivity index (χ0) is 14.9. The number of hydrogen-bond donors (Lipinski definition) is 2. The van der Waals surface area contributed by atoms with Gasteiger partial charge in [-0.2, -0.15) is 11.8 Å². The van der Waals surface area contributed by atoms with Gasteiger partial charge in [-0.3, -0.25) is 4.99 Å². The van der Waals surface area contributed by atoms with E-state index in [1.165, 1.54) is 24.3 Å². The summed E-state index contributed by atoms with van der Waals surface area (Å²) in [4.78, 5) is 4.71. The van der Waals surface area contributed by atoms with Gasteiger partial charge in [-0.05, 0) is 44.1 Å². The van der Waals surface area contributed by atoms with E-state index in [9.17, 15) is 0 Å². The predicted octanol–water partition coefficient (Wildman–Crippen LogP) is 3.67. The van der Waals surface area contributed by atoms with Gasteiger partial charge in [0.05, 0.1) is 6.26 Å². The molecule has 2 rings (SSSR count). The van der Waals surface area contributed by atoms with Crippen molar-refractivity contribution in [3.05, 3.63) is 24.2 Å². The number of hydrogen-bond acceptors (Lipinski definition) is 3. The molecule has 0 saturated carbocycles. The van der Waals surface area contributed by atoms with Gasteiger partial charge in [-0.25, -0.2) is 0 Å². The van der Waals surface area contributed by atoms with Crippen LogP contribution in [0.3, 0.4) is 0 Å². The van der Waals surface area contributed by atoms with Crippen LogP contribution < -0.4 is 10.6 Å². The highest BCUT2D eigenvalue weighted by Gasteiger charge is 2.15. The fourth-order valence-electron chi connectivity index (χ4n) is 2.25. The van der Waals surface area contributed by atoms with Crippen LogP contribution in [0.2, 0.25) is 0 Å². The molecule has 1 aliphatic rings. The summed E-state index contributed by atoms with van der Waals surface area (Å²) in [6.07, 6.45) is 6.20. The summed E-state index contributed by atoms with van der Waals surface area (Å²) in [5.41, 5.74) is 0. The molecule has 0 bridgehead atoms. The molecule has 1 aromatic rings. The summed E-state index contributed by atoms with van der Waals surface area (Å²) in [6, 6.07) is 4.91. The topological polar surface area (TPSA) is 49.6 Å². The molecule has 2 unspecified atom stereocenters. The van der Waals surface area contributed by atoms with Crippen LogP contribution in [0.4, 0.5) is 0 Å². The molecule has 1 fully saturated rings. The minimum absolute atomic E-state index is 0. The van der Waals surface area contributed by atoms with Crippen molar-refractivity contribution in [3.8, 4) is 0 Å². The Hall–Kier alpha value is -0.370. The number of thioether (sulfide) groups is 1. The lowest BCUT2D eigenvalue weighted by molar-refractivity contribution is 0.509. The average Bonchev–Trinajstić information content (AvgIpc) is 3.01. The van der Waals surface area contributed by atoms with Gasteiger partial charge in [0.2, 0.25) is 0 Å². The summed E-state index contributed by atoms with van der Waals surface area (Å²) >= 11 is 2.03. The van der Waals surface area contributed by atoms with E-state index in [1.807, 2.05) is 23.9 Å². The normalized spacial score (nSPS) is 20.1. The van der Waals surface area contributed by atoms with E-state index in [4.69, 9.17) is 9.41 Å². The first-order valence-corrected chi connectivity index (χ1v) is 9.11. The molecule has 126 valence electrons. The van der Waals surface area contributed by atoms with Gasteiger partial charge in [0.1, 0.15) is 5.76 Å². The number of halogens is 1. The molecule has 4 nitrogen and oxygen atoms in total. The molecule has 0 amide bonds. The van der Waals surface area contributed by atoms with Crippen LogP contribution in [0.5, 0.6) is 0 Å². The van der Waals surface area contributed by atoms with Gasteiger partial charge in [0.25, 0.3) is 0 Å². The second-order valence-electron chi connectivity index (χ2n) is 5.57. The zero-order valence-corrected chi connectivity index (χ0v) is 16.7. The molecule has 22 heavy (non-hydrogen) atoms. The van der Waals surface area contributed by atoms with Crippen molar-refractivity contribution in [2.45, 2.75) is 51.6 Å². The molecule has 0 spiro atoms. The fraction of sp³-hybridized carbons (Fsp3) is 0.688. The predicted molar refractivity (Wildman–Crippen MR) is 107 cm³/mol. The van der Waals surface area contributed by atoms with E-state index < -0.39 is 0 Å². The first-order chi connectivity index (χ1) is 10.3. The maximum absolute atomic E-state index is 5.35. The number of nitrogens with one attached hydrogen (secondary N) is 2. The minimum atomic E-state index is 0. The number of guanidine groups is 1. The highest BCUT2D eigenvalue weighted by Crippen LogP contribution is 2.16. The van der Waals surface area contributed by atoms with Gasteiger partial charge < -0.3 is 15.1 Å². The summed E-state index contributed by atoms with van der Waals surface area (Å²) < 4.78 is 5.35. The first kappa shape index (κ1) is 19.7. The van der Waals surface area contributed by atoms with E-state index in [0.717, 1.165) is 31.1 Å². The Labute approximate surface area is 155 Å². The lowest BCUT2D eigenvalue weighted by Gasteiger charge is -2.26. The highest BCUT2D eigenvalue weighted by molar-refractivity contribution is 14.0. The van der Waals surface area contributed by atoms with Crippen LogP contribution in [0, 0.1) is 0 Å². The average molecular weight is 437 g/mol. The second-order valence-corrected chi connectivity index (χ2v) is 6.72. The molecule has 0 aromatic carbocycles. The lowest BCUT2D eigenvalue weighted by atomic mass is 10.2. The molecule has 6 heteroatoms. The van der Waals surface area contributed by atoms with Crippen molar-refractivity contribution in [1.82, 2.24) is 10.6 Å². The van der Waals surface area contributed by atoms with E-state index in [0.29, 0.717) is 12.1 Å².